The molecule has 2 fully saturated rings. The summed E-state index contributed by atoms with van der Waals surface area (Å²) in [5.41, 5.74) is 5.37. The van der Waals surface area contributed by atoms with Crippen molar-refractivity contribution < 1.29 is 9.84 Å². The number of nitrogens with two attached hydrogens (primary N) is 1. The van der Waals surface area contributed by atoms with Crippen LogP contribution in [0.25, 0.3) is 0 Å². The van der Waals surface area contributed by atoms with E-state index in [4.69, 9.17) is 10.5 Å². The predicted octanol–water partition coefficient (Wildman–Crippen LogP) is 1.05. The Bertz CT molecular complexity index is 182. The van der Waals surface area contributed by atoms with Crippen LogP contribution in [0, 0.1) is 5.92 Å². The van der Waals surface area contributed by atoms with E-state index < -0.39 is 5.60 Å². The van der Waals surface area contributed by atoms with Crippen LogP contribution in [0.4, 0.5) is 0 Å². The van der Waals surface area contributed by atoms with Gasteiger partial charge in [-0.25, -0.2) is 0 Å². The molecule has 1 atom stereocenters. The van der Waals surface area contributed by atoms with Crippen molar-refractivity contribution in [2.45, 2.75) is 50.2 Å². The van der Waals surface area contributed by atoms with Gasteiger partial charge in [0.2, 0.25) is 0 Å². The fraction of sp³-hybridized carbons (Fsp3) is 1.00. The third-order valence-corrected chi connectivity index (χ3v) is 3.82. The molecule has 0 radical (unpaired) electrons. The number of aliphatic hydroxyl groups is 1. The maximum atomic E-state index is 10.5. The molecule has 2 rings (SSSR count). The summed E-state index contributed by atoms with van der Waals surface area (Å²) in [6.45, 7) is 1.61. The molecule has 3 N–H and O–H groups in total. The van der Waals surface area contributed by atoms with Gasteiger partial charge < -0.3 is 15.6 Å². The highest BCUT2D eigenvalue weighted by molar-refractivity contribution is 4.92. The lowest BCUT2D eigenvalue weighted by molar-refractivity contribution is -0.1000. The summed E-state index contributed by atoms with van der Waals surface area (Å²) in [6.07, 6.45) is 5.87. The van der Waals surface area contributed by atoms with E-state index >= 15 is 0 Å². The Balaban J connectivity index is 1.93. The van der Waals surface area contributed by atoms with E-state index in [0.29, 0.717) is 12.0 Å². The third kappa shape index (κ3) is 2.10. The molecule has 1 saturated heterocycles. The molecule has 0 bridgehead atoms. The van der Waals surface area contributed by atoms with Crippen LogP contribution in [0.1, 0.15) is 38.5 Å². The minimum Gasteiger partial charge on any atom is -0.390 e. The molecule has 0 amide bonds. The molecule has 1 heterocycles. The van der Waals surface area contributed by atoms with Gasteiger partial charge in [-0.1, -0.05) is 0 Å². The van der Waals surface area contributed by atoms with E-state index in [9.17, 15) is 5.11 Å². The normalized spacial score (nSPS) is 45.0. The molecular weight excluding hydrogens is 178 g/mol. The zero-order valence-electron chi connectivity index (χ0n) is 8.74. The van der Waals surface area contributed by atoms with Gasteiger partial charge in [0.15, 0.2) is 0 Å². The summed E-state index contributed by atoms with van der Waals surface area (Å²) in [4.78, 5) is 0. The maximum absolute atomic E-state index is 10.5. The molecule has 14 heavy (non-hydrogen) atoms. The Morgan fingerprint density at radius 2 is 1.93 bits per heavy atom. The second kappa shape index (κ2) is 4.17. The molecule has 1 aliphatic heterocycles. The highest BCUT2D eigenvalue weighted by Crippen LogP contribution is 2.37. The Morgan fingerprint density at radius 3 is 2.50 bits per heavy atom. The van der Waals surface area contributed by atoms with E-state index in [1.807, 2.05) is 0 Å². The summed E-state index contributed by atoms with van der Waals surface area (Å²) < 4.78 is 5.44. The Morgan fingerprint density at radius 1 is 1.21 bits per heavy atom. The maximum Gasteiger partial charge on any atom is 0.0699 e. The van der Waals surface area contributed by atoms with Crippen LogP contribution < -0.4 is 5.73 Å². The smallest absolute Gasteiger partial charge is 0.0699 e. The van der Waals surface area contributed by atoms with Gasteiger partial charge in [-0.2, -0.15) is 0 Å². The van der Waals surface area contributed by atoms with Crippen molar-refractivity contribution in [3.63, 3.8) is 0 Å². The van der Waals surface area contributed by atoms with Gasteiger partial charge in [-0.15, -0.1) is 0 Å². The lowest BCUT2D eigenvalue weighted by Gasteiger charge is -2.42. The summed E-state index contributed by atoms with van der Waals surface area (Å²) in [6, 6.07) is 0.305. The highest BCUT2D eigenvalue weighted by atomic mass is 16.5. The molecule has 2 aliphatic rings. The van der Waals surface area contributed by atoms with Crippen LogP contribution >= 0.6 is 0 Å². The van der Waals surface area contributed by atoms with E-state index in [2.05, 4.69) is 0 Å². The van der Waals surface area contributed by atoms with Gasteiger partial charge in [0.25, 0.3) is 0 Å². The summed E-state index contributed by atoms with van der Waals surface area (Å²) in [5, 5.41) is 10.5. The van der Waals surface area contributed by atoms with Gasteiger partial charge >= 0.3 is 0 Å². The Hall–Kier alpha value is -0.120. The molecule has 0 spiro atoms. The monoisotopic (exact) mass is 199 g/mol. The first-order valence-corrected chi connectivity index (χ1v) is 5.76. The van der Waals surface area contributed by atoms with Crippen LogP contribution in [0.15, 0.2) is 0 Å². The standard InChI is InChI=1S/C11H21NO2/c12-10-3-5-11(13,6-4-10)9-2-1-7-14-8-9/h9-10,13H,1-8,12H2. The van der Waals surface area contributed by atoms with Crippen molar-refractivity contribution in [3.05, 3.63) is 0 Å². The number of ether oxygens (including phenoxy) is 1. The molecule has 3 heteroatoms. The predicted molar refractivity (Wildman–Crippen MR) is 54.9 cm³/mol. The minimum atomic E-state index is -0.476. The minimum absolute atomic E-state index is 0.305. The zero-order valence-corrected chi connectivity index (χ0v) is 8.74. The first-order chi connectivity index (χ1) is 6.71. The fourth-order valence-corrected chi connectivity index (χ4v) is 2.71. The molecule has 1 unspecified atom stereocenters. The van der Waals surface area contributed by atoms with Gasteiger partial charge in [-0.05, 0) is 38.5 Å². The van der Waals surface area contributed by atoms with Crippen molar-refractivity contribution in [2.24, 2.45) is 11.7 Å². The average molecular weight is 199 g/mol. The lowest BCUT2D eigenvalue weighted by Crippen LogP contribution is -2.47. The molecule has 3 nitrogen and oxygen atoms in total. The van der Waals surface area contributed by atoms with Crippen molar-refractivity contribution >= 4 is 0 Å². The molecular formula is C11H21NO2. The largest absolute Gasteiger partial charge is 0.390 e. The quantitative estimate of drug-likeness (QED) is 0.663. The van der Waals surface area contributed by atoms with Crippen LogP contribution in [0.2, 0.25) is 0 Å². The SMILES string of the molecule is NC1CCC(O)(C2CCCOC2)CC1. The second-order valence-electron chi connectivity index (χ2n) is 4.86. The first kappa shape index (κ1) is 10.4. The third-order valence-electron chi connectivity index (χ3n) is 3.82. The molecule has 0 aromatic heterocycles. The first-order valence-electron chi connectivity index (χ1n) is 5.76. The van der Waals surface area contributed by atoms with E-state index in [-0.39, 0.29) is 0 Å². The number of hydrogen-bond acceptors (Lipinski definition) is 3. The van der Waals surface area contributed by atoms with Crippen molar-refractivity contribution in [1.29, 1.82) is 0 Å². The summed E-state index contributed by atoms with van der Waals surface area (Å²) >= 11 is 0. The van der Waals surface area contributed by atoms with Crippen LogP contribution in [-0.4, -0.2) is 30.0 Å². The lowest BCUT2D eigenvalue weighted by atomic mass is 9.72. The number of hydrogen-bond donors (Lipinski definition) is 2. The van der Waals surface area contributed by atoms with Gasteiger partial charge in [0, 0.05) is 18.6 Å². The molecule has 82 valence electrons. The Kier molecular flexibility index (Phi) is 3.10. The Labute approximate surface area is 85.6 Å². The van der Waals surface area contributed by atoms with Gasteiger partial charge in [0.05, 0.1) is 12.2 Å². The zero-order chi connectivity index (χ0) is 10.0. The second-order valence-corrected chi connectivity index (χ2v) is 4.86. The van der Waals surface area contributed by atoms with Crippen LogP contribution in [0.3, 0.4) is 0 Å². The molecule has 0 aromatic carbocycles. The van der Waals surface area contributed by atoms with Gasteiger partial charge in [-0.3, -0.25) is 0 Å². The molecule has 1 aliphatic carbocycles. The molecule has 0 aromatic rings. The van der Waals surface area contributed by atoms with Gasteiger partial charge in [0.1, 0.15) is 0 Å². The fourth-order valence-electron chi connectivity index (χ4n) is 2.71. The summed E-state index contributed by atoms with van der Waals surface area (Å²) in [5.74, 6) is 0.351. The van der Waals surface area contributed by atoms with Crippen LogP contribution in [-0.2, 0) is 4.74 Å². The van der Waals surface area contributed by atoms with Crippen molar-refractivity contribution in [3.8, 4) is 0 Å². The van der Waals surface area contributed by atoms with E-state index in [0.717, 1.165) is 51.7 Å². The van der Waals surface area contributed by atoms with Crippen LogP contribution in [0.5, 0.6) is 0 Å². The number of rotatable bonds is 1. The molecule has 1 saturated carbocycles. The van der Waals surface area contributed by atoms with Crippen molar-refractivity contribution in [2.75, 3.05) is 13.2 Å². The highest BCUT2D eigenvalue weighted by Gasteiger charge is 2.40. The topological polar surface area (TPSA) is 55.5 Å². The van der Waals surface area contributed by atoms with E-state index in [1.165, 1.54) is 0 Å². The average Bonchev–Trinajstić information content (AvgIpc) is 2.24. The summed E-state index contributed by atoms with van der Waals surface area (Å²) in [7, 11) is 0. The van der Waals surface area contributed by atoms with Crippen molar-refractivity contribution in [1.82, 2.24) is 0 Å². The van der Waals surface area contributed by atoms with E-state index in [1.54, 1.807) is 0 Å².